The van der Waals surface area contributed by atoms with Gasteiger partial charge in [0.25, 0.3) is 0 Å². The number of rotatable bonds is 4. The number of aryl methyl sites for hydroxylation is 2. The van der Waals surface area contributed by atoms with Crippen LogP contribution in [0.1, 0.15) is 24.6 Å². The van der Waals surface area contributed by atoms with Gasteiger partial charge in [-0.05, 0) is 18.1 Å². The molecule has 2 heterocycles. The first-order valence-corrected chi connectivity index (χ1v) is 5.91. The molecule has 90 valence electrons. The fourth-order valence-electron chi connectivity index (χ4n) is 1.94. The molecule has 0 radical (unpaired) electrons. The molecule has 17 heavy (non-hydrogen) atoms. The standard InChI is InChI=1S/C13H18N4/c1-3-4-13-12(9-17(2)16-13)11-5-10(6-14)7-15-8-11/h5,7-9H,3-4,6,14H2,1-2H3. The molecule has 0 atom stereocenters. The summed E-state index contributed by atoms with van der Waals surface area (Å²) >= 11 is 0. The number of aromatic nitrogens is 3. The molecule has 0 bridgehead atoms. The Bertz CT molecular complexity index is 502. The van der Waals surface area contributed by atoms with Gasteiger partial charge in [0.15, 0.2) is 0 Å². The largest absolute Gasteiger partial charge is 0.326 e. The predicted molar refractivity (Wildman–Crippen MR) is 68.3 cm³/mol. The first-order chi connectivity index (χ1) is 8.24. The second-order valence-corrected chi connectivity index (χ2v) is 4.20. The molecule has 0 amide bonds. The Morgan fingerprint density at radius 1 is 1.35 bits per heavy atom. The van der Waals surface area contributed by atoms with Gasteiger partial charge in [0.2, 0.25) is 0 Å². The Morgan fingerprint density at radius 3 is 2.88 bits per heavy atom. The quantitative estimate of drug-likeness (QED) is 0.872. The highest BCUT2D eigenvalue weighted by Gasteiger charge is 2.09. The Hall–Kier alpha value is -1.68. The minimum absolute atomic E-state index is 0.518. The zero-order valence-corrected chi connectivity index (χ0v) is 10.3. The summed E-state index contributed by atoms with van der Waals surface area (Å²) in [6, 6.07) is 2.09. The van der Waals surface area contributed by atoms with Crippen LogP contribution in [0.25, 0.3) is 11.1 Å². The molecule has 4 nitrogen and oxygen atoms in total. The van der Waals surface area contributed by atoms with E-state index in [1.807, 2.05) is 24.1 Å². The summed E-state index contributed by atoms with van der Waals surface area (Å²) in [6.07, 6.45) is 7.80. The Balaban J connectivity index is 2.43. The normalized spacial score (nSPS) is 10.8. The zero-order chi connectivity index (χ0) is 12.3. The van der Waals surface area contributed by atoms with Crippen LogP contribution in [0.5, 0.6) is 0 Å². The molecule has 4 heteroatoms. The predicted octanol–water partition coefficient (Wildman–Crippen LogP) is 1.89. The van der Waals surface area contributed by atoms with E-state index >= 15 is 0 Å². The maximum atomic E-state index is 5.64. The molecule has 0 saturated carbocycles. The molecule has 2 rings (SSSR count). The Kier molecular flexibility index (Phi) is 3.54. The van der Waals surface area contributed by atoms with Gasteiger partial charge < -0.3 is 5.73 Å². The lowest BCUT2D eigenvalue weighted by atomic mass is 10.0. The molecular weight excluding hydrogens is 212 g/mol. The lowest BCUT2D eigenvalue weighted by molar-refractivity contribution is 0.733. The average molecular weight is 230 g/mol. The molecule has 0 aromatic carbocycles. The smallest absolute Gasteiger partial charge is 0.0703 e. The van der Waals surface area contributed by atoms with Gasteiger partial charge in [0.05, 0.1) is 5.69 Å². The van der Waals surface area contributed by atoms with Crippen molar-refractivity contribution in [3.8, 4) is 11.1 Å². The summed E-state index contributed by atoms with van der Waals surface area (Å²) < 4.78 is 1.86. The number of nitrogens with two attached hydrogens (primary N) is 1. The van der Waals surface area contributed by atoms with Crippen molar-refractivity contribution in [1.82, 2.24) is 14.8 Å². The van der Waals surface area contributed by atoms with Crippen molar-refractivity contribution in [2.24, 2.45) is 12.8 Å². The van der Waals surface area contributed by atoms with Gasteiger partial charge in [-0.2, -0.15) is 5.10 Å². The molecule has 0 aliphatic rings. The van der Waals surface area contributed by atoms with Gasteiger partial charge in [-0.3, -0.25) is 9.67 Å². The maximum Gasteiger partial charge on any atom is 0.0703 e. The molecule has 2 aromatic rings. The molecule has 0 unspecified atom stereocenters. The molecule has 0 aliphatic carbocycles. The summed E-state index contributed by atoms with van der Waals surface area (Å²) in [6.45, 7) is 2.68. The number of hydrogen-bond acceptors (Lipinski definition) is 3. The average Bonchev–Trinajstić information content (AvgIpc) is 2.71. The van der Waals surface area contributed by atoms with E-state index in [0.29, 0.717) is 6.54 Å². The number of hydrogen-bond donors (Lipinski definition) is 1. The van der Waals surface area contributed by atoms with Crippen molar-refractivity contribution in [2.45, 2.75) is 26.3 Å². The monoisotopic (exact) mass is 230 g/mol. The molecule has 0 aliphatic heterocycles. The summed E-state index contributed by atoms with van der Waals surface area (Å²) in [5.74, 6) is 0. The summed E-state index contributed by atoms with van der Waals surface area (Å²) in [7, 11) is 1.95. The van der Waals surface area contributed by atoms with E-state index in [2.05, 4.69) is 23.1 Å². The second kappa shape index (κ2) is 5.10. The van der Waals surface area contributed by atoms with E-state index in [9.17, 15) is 0 Å². The minimum Gasteiger partial charge on any atom is -0.326 e. The number of nitrogens with zero attached hydrogens (tertiary/aromatic N) is 3. The van der Waals surface area contributed by atoms with Crippen molar-refractivity contribution >= 4 is 0 Å². The van der Waals surface area contributed by atoms with Crippen LogP contribution in [0.15, 0.2) is 24.7 Å². The third kappa shape index (κ3) is 2.53. The lowest BCUT2D eigenvalue weighted by Crippen LogP contribution is -1.97. The highest BCUT2D eigenvalue weighted by molar-refractivity contribution is 5.65. The van der Waals surface area contributed by atoms with Crippen molar-refractivity contribution in [3.05, 3.63) is 35.9 Å². The van der Waals surface area contributed by atoms with Crippen LogP contribution in [-0.2, 0) is 20.0 Å². The molecular formula is C13H18N4. The first-order valence-electron chi connectivity index (χ1n) is 5.91. The fraction of sp³-hybridized carbons (Fsp3) is 0.385. The van der Waals surface area contributed by atoms with Gasteiger partial charge in [0, 0.05) is 43.3 Å². The van der Waals surface area contributed by atoms with Gasteiger partial charge >= 0.3 is 0 Å². The first kappa shape index (κ1) is 11.8. The topological polar surface area (TPSA) is 56.7 Å². The van der Waals surface area contributed by atoms with Gasteiger partial charge in [0.1, 0.15) is 0 Å². The van der Waals surface area contributed by atoms with Crippen LogP contribution in [0.3, 0.4) is 0 Å². The van der Waals surface area contributed by atoms with E-state index in [1.54, 1.807) is 6.20 Å². The zero-order valence-electron chi connectivity index (χ0n) is 10.3. The Labute approximate surface area is 101 Å². The van der Waals surface area contributed by atoms with Crippen LogP contribution in [-0.4, -0.2) is 14.8 Å². The van der Waals surface area contributed by atoms with E-state index in [4.69, 9.17) is 5.73 Å². The Morgan fingerprint density at radius 2 is 2.18 bits per heavy atom. The highest BCUT2D eigenvalue weighted by Crippen LogP contribution is 2.23. The fourth-order valence-corrected chi connectivity index (χ4v) is 1.94. The van der Waals surface area contributed by atoms with E-state index in [0.717, 1.165) is 35.2 Å². The van der Waals surface area contributed by atoms with Gasteiger partial charge in [-0.25, -0.2) is 0 Å². The van der Waals surface area contributed by atoms with E-state index in [1.165, 1.54) is 0 Å². The van der Waals surface area contributed by atoms with Crippen molar-refractivity contribution < 1.29 is 0 Å². The van der Waals surface area contributed by atoms with Crippen LogP contribution >= 0.6 is 0 Å². The van der Waals surface area contributed by atoms with Crippen molar-refractivity contribution in [2.75, 3.05) is 0 Å². The van der Waals surface area contributed by atoms with Crippen LogP contribution < -0.4 is 5.73 Å². The highest BCUT2D eigenvalue weighted by atomic mass is 15.2. The van der Waals surface area contributed by atoms with Crippen LogP contribution in [0.4, 0.5) is 0 Å². The third-order valence-corrected chi connectivity index (χ3v) is 2.73. The molecule has 2 N–H and O–H groups in total. The van der Waals surface area contributed by atoms with Crippen molar-refractivity contribution in [1.29, 1.82) is 0 Å². The second-order valence-electron chi connectivity index (χ2n) is 4.20. The number of pyridine rings is 1. The SMILES string of the molecule is CCCc1nn(C)cc1-c1cncc(CN)c1. The summed E-state index contributed by atoms with van der Waals surface area (Å²) in [4.78, 5) is 4.23. The van der Waals surface area contributed by atoms with Gasteiger partial charge in [-0.15, -0.1) is 0 Å². The third-order valence-electron chi connectivity index (χ3n) is 2.73. The molecule has 0 spiro atoms. The van der Waals surface area contributed by atoms with Crippen molar-refractivity contribution in [3.63, 3.8) is 0 Å². The minimum atomic E-state index is 0.518. The molecule has 2 aromatic heterocycles. The van der Waals surface area contributed by atoms with E-state index in [-0.39, 0.29) is 0 Å². The molecule has 0 fully saturated rings. The van der Waals surface area contributed by atoms with Crippen LogP contribution in [0.2, 0.25) is 0 Å². The van der Waals surface area contributed by atoms with Crippen LogP contribution in [0, 0.1) is 0 Å². The molecule has 0 saturated heterocycles. The lowest BCUT2D eigenvalue weighted by Gasteiger charge is -2.03. The summed E-state index contributed by atoms with van der Waals surface area (Å²) in [5.41, 5.74) is 10.1. The van der Waals surface area contributed by atoms with E-state index < -0.39 is 0 Å². The van der Waals surface area contributed by atoms with Gasteiger partial charge in [-0.1, -0.05) is 13.3 Å². The maximum absolute atomic E-state index is 5.64. The summed E-state index contributed by atoms with van der Waals surface area (Å²) in [5, 5.41) is 4.49.